The maximum atomic E-state index is 5.63. The van der Waals surface area contributed by atoms with E-state index in [-0.39, 0.29) is 0 Å². The summed E-state index contributed by atoms with van der Waals surface area (Å²) in [6, 6.07) is 5.61. The zero-order chi connectivity index (χ0) is 11.8. The minimum absolute atomic E-state index is 0.648. The van der Waals surface area contributed by atoms with Crippen molar-refractivity contribution in [1.82, 2.24) is 5.32 Å². The Morgan fingerprint density at radius 2 is 1.88 bits per heavy atom. The van der Waals surface area contributed by atoms with Crippen LogP contribution in [0.2, 0.25) is 0 Å². The van der Waals surface area contributed by atoms with E-state index in [9.17, 15) is 0 Å². The van der Waals surface area contributed by atoms with E-state index in [0.717, 1.165) is 18.7 Å². The van der Waals surface area contributed by atoms with Gasteiger partial charge in [-0.1, -0.05) is 6.07 Å². The van der Waals surface area contributed by atoms with Gasteiger partial charge in [-0.25, -0.2) is 0 Å². The second-order valence-corrected chi connectivity index (χ2v) is 3.30. The van der Waals surface area contributed by atoms with Crippen molar-refractivity contribution in [2.75, 3.05) is 34.4 Å². The van der Waals surface area contributed by atoms with Crippen LogP contribution in [0.5, 0.6) is 17.2 Å². The molecule has 0 unspecified atom stereocenters. The molecule has 0 heterocycles. The van der Waals surface area contributed by atoms with E-state index in [0.29, 0.717) is 18.1 Å². The van der Waals surface area contributed by atoms with Crippen molar-refractivity contribution in [2.45, 2.75) is 6.42 Å². The Bertz CT molecular complexity index is 315. The third-order valence-electron chi connectivity index (χ3n) is 2.20. The average molecular weight is 225 g/mol. The first kappa shape index (κ1) is 12.6. The van der Waals surface area contributed by atoms with E-state index in [4.69, 9.17) is 14.2 Å². The molecule has 1 aromatic rings. The Morgan fingerprint density at radius 1 is 1.12 bits per heavy atom. The van der Waals surface area contributed by atoms with E-state index < -0.39 is 0 Å². The summed E-state index contributed by atoms with van der Waals surface area (Å²) in [6.45, 7) is 1.59. The van der Waals surface area contributed by atoms with Gasteiger partial charge in [-0.15, -0.1) is 0 Å². The van der Waals surface area contributed by atoms with Crippen molar-refractivity contribution in [3.63, 3.8) is 0 Å². The third kappa shape index (κ3) is 3.31. The number of rotatable bonds is 7. The molecule has 1 aromatic carbocycles. The predicted octanol–water partition coefficient (Wildman–Crippen LogP) is 1.69. The molecule has 1 N–H and O–H groups in total. The molecule has 0 aliphatic rings. The van der Waals surface area contributed by atoms with Gasteiger partial charge < -0.3 is 19.5 Å². The zero-order valence-corrected chi connectivity index (χ0v) is 10.1. The van der Waals surface area contributed by atoms with Crippen molar-refractivity contribution in [3.8, 4) is 17.2 Å². The molecule has 0 fully saturated rings. The van der Waals surface area contributed by atoms with Gasteiger partial charge >= 0.3 is 0 Å². The molecule has 0 saturated carbocycles. The van der Waals surface area contributed by atoms with Crippen LogP contribution in [0.25, 0.3) is 0 Å². The smallest absolute Gasteiger partial charge is 0.203 e. The normalized spacial score (nSPS) is 9.94. The fraction of sp³-hybridized carbons (Fsp3) is 0.500. The molecular formula is C12H19NO3. The van der Waals surface area contributed by atoms with Crippen LogP contribution >= 0.6 is 0 Å². The predicted molar refractivity (Wildman–Crippen MR) is 63.6 cm³/mol. The summed E-state index contributed by atoms with van der Waals surface area (Å²) in [5, 5.41) is 3.07. The first-order valence-corrected chi connectivity index (χ1v) is 5.32. The summed E-state index contributed by atoms with van der Waals surface area (Å²) >= 11 is 0. The quantitative estimate of drug-likeness (QED) is 0.717. The maximum absolute atomic E-state index is 5.63. The first-order valence-electron chi connectivity index (χ1n) is 5.32. The second kappa shape index (κ2) is 6.95. The summed E-state index contributed by atoms with van der Waals surface area (Å²) in [6.07, 6.45) is 0.955. The lowest BCUT2D eigenvalue weighted by molar-refractivity contribution is 0.279. The number of methoxy groups -OCH3 is 2. The molecule has 0 saturated heterocycles. The summed E-state index contributed by atoms with van der Waals surface area (Å²) in [5.74, 6) is 2.06. The molecule has 1 rings (SSSR count). The highest BCUT2D eigenvalue weighted by Crippen LogP contribution is 2.36. The fourth-order valence-corrected chi connectivity index (χ4v) is 1.40. The highest BCUT2D eigenvalue weighted by Gasteiger charge is 2.09. The monoisotopic (exact) mass is 225 g/mol. The summed E-state index contributed by atoms with van der Waals surface area (Å²) in [4.78, 5) is 0. The Labute approximate surface area is 96.5 Å². The van der Waals surface area contributed by atoms with Gasteiger partial charge in [-0.3, -0.25) is 0 Å². The van der Waals surface area contributed by atoms with E-state index in [1.54, 1.807) is 14.2 Å². The average Bonchev–Trinajstić information content (AvgIpc) is 2.34. The van der Waals surface area contributed by atoms with Crippen LogP contribution in [0.15, 0.2) is 18.2 Å². The molecule has 0 spiro atoms. The first-order chi connectivity index (χ1) is 7.83. The lowest BCUT2D eigenvalue weighted by Gasteiger charge is -2.13. The van der Waals surface area contributed by atoms with Gasteiger partial charge in [0.05, 0.1) is 20.8 Å². The van der Waals surface area contributed by atoms with Gasteiger partial charge in [0.25, 0.3) is 0 Å². The number of para-hydroxylation sites is 1. The molecule has 16 heavy (non-hydrogen) atoms. The zero-order valence-electron chi connectivity index (χ0n) is 10.1. The maximum Gasteiger partial charge on any atom is 0.203 e. The van der Waals surface area contributed by atoms with E-state index in [2.05, 4.69) is 5.32 Å². The summed E-state index contributed by atoms with van der Waals surface area (Å²) < 4.78 is 16.1. The third-order valence-corrected chi connectivity index (χ3v) is 2.20. The van der Waals surface area contributed by atoms with Crippen molar-refractivity contribution in [2.24, 2.45) is 0 Å². The lowest BCUT2D eigenvalue weighted by Crippen LogP contribution is -2.11. The van der Waals surface area contributed by atoms with Crippen LogP contribution in [-0.2, 0) is 0 Å². The standard InChI is InChI=1S/C12H19NO3/c1-13-8-5-9-16-11-7-4-6-10(14-2)12(11)15-3/h4,6-7,13H,5,8-9H2,1-3H3. The number of hydrogen-bond donors (Lipinski definition) is 1. The lowest BCUT2D eigenvalue weighted by atomic mass is 10.3. The van der Waals surface area contributed by atoms with Gasteiger partial charge in [-0.2, -0.15) is 0 Å². The van der Waals surface area contributed by atoms with Gasteiger partial charge in [0.2, 0.25) is 5.75 Å². The molecule has 0 bridgehead atoms. The van der Waals surface area contributed by atoms with Gasteiger partial charge in [0.1, 0.15) is 0 Å². The molecule has 0 atom stereocenters. The number of hydrogen-bond acceptors (Lipinski definition) is 4. The summed E-state index contributed by atoms with van der Waals surface area (Å²) in [7, 11) is 5.15. The molecule has 4 nitrogen and oxygen atoms in total. The number of nitrogens with one attached hydrogen (secondary N) is 1. The molecule has 0 amide bonds. The van der Waals surface area contributed by atoms with E-state index in [1.165, 1.54) is 0 Å². The van der Waals surface area contributed by atoms with E-state index >= 15 is 0 Å². The molecule has 4 heteroatoms. The Hall–Kier alpha value is -1.42. The van der Waals surface area contributed by atoms with Crippen LogP contribution in [0.4, 0.5) is 0 Å². The second-order valence-electron chi connectivity index (χ2n) is 3.30. The minimum atomic E-state index is 0.648. The van der Waals surface area contributed by atoms with Crippen LogP contribution < -0.4 is 19.5 Å². The van der Waals surface area contributed by atoms with Crippen molar-refractivity contribution in [1.29, 1.82) is 0 Å². The Morgan fingerprint density at radius 3 is 2.50 bits per heavy atom. The van der Waals surface area contributed by atoms with Crippen LogP contribution in [0.1, 0.15) is 6.42 Å². The molecule has 0 radical (unpaired) electrons. The van der Waals surface area contributed by atoms with Gasteiger partial charge in [0, 0.05) is 0 Å². The van der Waals surface area contributed by atoms with Gasteiger partial charge in [-0.05, 0) is 32.1 Å². The largest absolute Gasteiger partial charge is 0.493 e. The molecule has 0 aromatic heterocycles. The van der Waals surface area contributed by atoms with Crippen LogP contribution in [0.3, 0.4) is 0 Å². The van der Waals surface area contributed by atoms with Crippen molar-refractivity contribution in [3.05, 3.63) is 18.2 Å². The number of benzene rings is 1. The fourth-order valence-electron chi connectivity index (χ4n) is 1.40. The SMILES string of the molecule is CNCCCOc1cccc(OC)c1OC. The molecular weight excluding hydrogens is 206 g/mol. The molecule has 0 aliphatic heterocycles. The summed E-state index contributed by atoms with van der Waals surface area (Å²) in [5.41, 5.74) is 0. The highest BCUT2D eigenvalue weighted by molar-refractivity contribution is 5.50. The van der Waals surface area contributed by atoms with E-state index in [1.807, 2.05) is 25.2 Å². The van der Waals surface area contributed by atoms with Gasteiger partial charge in [0.15, 0.2) is 11.5 Å². The topological polar surface area (TPSA) is 39.7 Å². The molecule has 90 valence electrons. The van der Waals surface area contributed by atoms with Crippen molar-refractivity contribution < 1.29 is 14.2 Å². The molecule has 0 aliphatic carbocycles. The van der Waals surface area contributed by atoms with Crippen LogP contribution in [-0.4, -0.2) is 34.4 Å². The Balaban J connectivity index is 2.63. The number of ether oxygens (including phenoxy) is 3. The van der Waals surface area contributed by atoms with Crippen LogP contribution in [0, 0.1) is 0 Å². The Kier molecular flexibility index (Phi) is 5.50. The van der Waals surface area contributed by atoms with Crippen molar-refractivity contribution >= 4 is 0 Å². The minimum Gasteiger partial charge on any atom is -0.493 e. The highest BCUT2D eigenvalue weighted by atomic mass is 16.5.